The van der Waals surface area contributed by atoms with Gasteiger partial charge in [0.1, 0.15) is 0 Å². The number of ketones is 1. The Morgan fingerprint density at radius 3 is 1.71 bits per heavy atom. The van der Waals surface area contributed by atoms with Gasteiger partial charge in [-0.05, 0) is 19.8 Å². The summed E-state index contributed by atoms with van der Waals surface area (Å²) in [7, 11) is 0. The molecule has 0 rings (SSSR count). The van der Waals surface area contributed by atoms with Gasteiger partial charge in [-0.3, -0.25) is 4.79 Å². The van der Waals surface area contributed by atoms with Crippen molar-refractivity contribution < 1.29 is 9.59 Å². The summed E-state index contributed by atoms with van der Waals surface area (Å²) in [6, 6.07) is -0.655. The van der Waals surface area contributed by atoms with Crippen LogP contribution in [0.25, 0.3) is 0 Å². The Kier molecular flexibility index (Phi) is 5.66. The lowest BCUT2D eigenvalue weighted by Crippen LogP contribution is -2.52. The summed E-state index contributed by atoms with van der Waals surface area (Å²) in [6.45, 7) is 13.2. The van der Waals surface area contributed by atoms with E-state index in [1.54, 1.807) is 0 Å². The van der Waals surface area contributed by atoms with E-state index >= 15 is 0 Å². The van der Waals surface area contributed by atoms with Crippen LogP contribution in [-0.4, -0.2) is 23.9 Å². The van der Waals surface area contributed by atoms with Gasteiger partial charge in [0, 0.05) is 11.5 Å². The first-order valence-corrected chi connectivity index (χ1v) is 6.17. The van der Waals surface area contributed by atoms with Crippen molar-refractivity contribution in [2.75, 3.05) is 0 Å². The zero-order chi connectivity index (χ0) is 13.8. The van der Waals surface area contributed by atoms with E-state index in [-0.39, 0.29) is 23.8 Å². The number of carbonyl (C=O) groups is 2. The summed E-state index contributed by atoms with van der Waals surface area (Å²) in [5.74, 6) is 0.144. The van der Waals surface area contributed by atoms with Gasteiger partial charge in [0.2, 0.25) is 0 Å². The summed E-state index contributed by atoms with van der Waals surface area (Å²) in [4.78, 5) is 23.8. The second-order valence-corrected chi connectivity index (χ2v) is 6.11. The smallest absolute Gasteiger partial charge is 0.315 e. The molecule has 4 nitrogen and oxygen atoms in total. The second-order valence-electron chi connectivity index (χ2n) is 6.11. The number of hydrogen-bond donors (Lipinski definition) is 2. The average molecular weight is 242 g/mol. The fourth-order valence-electron chi connectivity index (χ4n) is 1.45. The van der Waals surface area contributed by atoms with Gasteiger partial charge in [-0.2, -0.15) is 0 Å². The fourth-order valence-corrected chi connectivity index (χ4v) is 1.45. The molecule has 17 heavy (non-hydrogen) atoms. The molecular weight excluding hydrogens is 216 g/mol. The molecule has 0 aromatic heterocycles. The van der Waals surface area contributed by atoms with E-state index in [0.717, 1.165) is 0 Å². The van der Waals surface area contributed by atoms with Crippen LogP contribution in [0.2, 0.25) is 0 Å². The maximum atomic E-state index is 12.2. The maximum Gasteiger partial charge on any atom is 0.315 e. The normalized spacial score (nSPS) is 13.7. The number of carbonyl (C=O) groups excluding carboxylic acids is 2. The standard InChI is InChI=1S/C13H26N2O2/c1-8(2)10(11(16)13(5,6)7)15-12(17)14-9(3)4/h8-10H,1-7H3,(H2,14,15,17). The molecule has 2 N–H and O–H groups in total. The molecule has 0 aliphatic rings. The van der Waals surface area contributed by atoms with Gasteiger partial charge in [-0.25, -0.2) is 4.79 Å². The molecule has 0 fully saturated rings. The minimum absolute atomic E-state index is 0.0615. The van der Waals surface area contributed by atoms with Gasteiger partial charge in [0.05, 0.1) is 6.04 Å². The summed E-state index contributed by atoms with van der Waals surface area (Å²) in [5, 5.41) is 5.49. The van der Waals surface area contributed by atoms with E-state index in [1.165, 1.54) is 0 Å². The molecule has 0 heterocycles. The highest BCUT2D eigenvalue weighted by Crippen LogP contribution is 2.20. The van der Waals surface area contributed by atoms with Crippen LogP contribution in [0, 0.1) is 11.3 Å². The van der Waals surface area contributed by atoms with Crippen LogP contribution in [-0.2, 0) is 4.79 Å². The van der Waals surface area contributed by atoms with Gasteiger partial charge < -0.3 is 10.6 Å². The predicted molar refractivity (Wildman–Crippen MR) is 69.9 cm³/mol. The fraction of sp³-hybridized carbons (Fsp3) is 0.846. The molecule has 1 atom stereocenters. The van der Waals surface area contributed by atoms with Crippen molar-refractivity contribution in [3.63, 3.8) is 0 Å². The second kappa shape index (κ2) is 6.03. The zero-order valence-corrected chi connectivity index (χ0v) is 12.0. The first-order valence-electron chi connectivity index (χ1n) is 6.17. The average Bonchev–Trinajstić information content (AvgIpc) is 2.09. The Hall–Kier alpha value is -1.06. The van der Waals surface area contributed by atoms with E-state index in [9.17, 15) is 9.59 Å². The number of Topliss-reactive ketones (excluding diaryl/α,β-unsaturated/α-hetero) is 1. The van der Waals surface area contributed by atoms with E-state index in [4.69, 9.17) is 0 Å². The summed E-state index contributed by atoms with van der Waals surface area (Å²) in [5.41, 5.74) is -0.444. The van der Waals surface area contributed by atoms with Crippen molar-refractivity contribution in [1.82, 2.24) is 10.6 Å². The Morgan fingerprint density at radius 2 is 1.41 bits per heavy atom. The lowest BCUT2D eigenvalue weighted by Gasteiger charge is -2.28. The molecule has 0 bridgehead atoms. The van der Waals surface area contributed by atoms with Crippen LogP contribution in [0.4, 0.5) is 4.79 Å². The molecule has 0 spiro atoms. The lowest BCUT2D eigenvalue weighted by atomic mass is 9.82. The molecule has 0 saturated heterocycles. The molecule has 0 saturated carbocycles. The number of rotatable bonds is 4. The Balaban J connectivity index is 4.67. The molecule has 1 unspecified atom stereocenters. The minimum atomic E-state index is -0.444. The third-order valence-corrected chi connectivity index (χ3v) is 2.39. The largest absolute Gasteiger partial charge is 0.336 e. The van der Waals surface area contributed by atoms with Gasteiger partial charge >= 0.3 is 6.03 Å². The SMILES string of the molecule is CC(C)NC(=O)NC(C(=O)C(C)(C)C)C(C)C. The molecular formula is C13H26N2O2. The van der Waals surface area contributed by atoms with Gasteiger partial charge in [-0.1, -0.05) is 34.6 Å². The van der Waals surface area contributed by atoms with Crippen LogP contribution < -0.4 is 10.6 Å². The Labute approximate surface area is 105 Å². The molecule has 0 aromatic rings. The van der Waals surface area contributed by atoms with Crippen LogP contribution in [0.15, 0.2) is 0 Å². The van der Waals surface area contributed by atoms with Crippen molar-refractivity contribution in [2.24, 2.45) is 11.3 Å². The summed E-state index contributed by atoms with van der Waals surface area (Å²) >= 11 is 0. The van der Waals surface area contributed by atoms with Crippen LogP contribution in [0.3, 0.4) is 0 Å². The van der Waals surface area contributed by atoms with Crippen molar-refractivity contribution in [3.8, 4) is 0 Å². The maximum absolute atomic E-state index is 12.2. The number of nitrogens with one attached hydrogen (secondary N) is 2. The number of urea groups is 1. The molecule has 0 radical (unpaired) electrons. The summed E-state index contributed by atoms with van der Waals surface area (Å²) < 4.78 is 0. The van der Waals surface area contributed by atoms with Crippen LogP contribution in [0.5, 0.6) is 0 Å². The topological polar surface area (TPSA) is 58.2 Å². The Morgan fingerprint density at radius 1 is 0.941 bits per heavy atom. The molecule has 0 aliphatic heterocycles. The van der Waals surface area contributed by atoms with Crippen molar-refractivity contribution in [2.45, 2.75) is 60.5 Å². The third kappa shape index (κ3) is 5.71. The van der Waals surface area contributed by atoms with Crippen molar-refractivity contribution in [3.05, 3.63) is 0 Å². The van der Waals surface area contributed by atoms with Crippen molar-refractivity contribution in [1.29, 1.82) is 0 Å². The molecule has 100 valence electrons. The molecule has 0 aromatic carbocycles. The monoisotopic (exact) mass is 242 g/mol. The molecule has 0 aliphatic carbocycles. The van der Waals surface area contributed by atoms with E-state index in [2.05, 4.69) is 10.6 Å². The van der Waals surface area contributed by atoms with Crippen LogP contribution >= 0.6 is 0 Å². The number of amides is 2. The van der Waals surface area contributed by atoms with Gasteiger partial charge in [0.15, 0.2) is 5.78 Å². The predicted octanol–water partition coefficient (Wildman–Crippen LogP) is 2.33. The highest BCUT2D eigenvalue weighted by atomic mass is 16.2. The number of hydrogen-bond acceptors (Lipinski definition) is 2. The van der Waals surface area contributed by atoms with E-state index in [0.29, 0.717) is 0 Å². The lowest BCUT2D eigenvalue weighted by molar-refractivity contribution is -0.129. The first kappa shape index (κ1) is 15.9. The minimum Gasteiger partial charge on any atom is -0.336 e. The quantitative estimate of drug-likeness (QED) is 0.795. The molecule has 4 heteroatoms. The third-order valence-electron chi connectivity index (χ3n) is 2.39. The summed E-state index contributed by atoms with van der Waals surface area (Å²) in [6.07, 6.45) is 0. The van der Waals surface area contributed by atoms with Gasteiger partial charge in [0.25, 0.3) is 0 Å². The Bertz CT molecular complexity index is 278. The van der Waals surface area contributed by atoms with E-state index in [1.807, 2.05) is 48.5 Å². The highest BCUT2D eigenvalue weighted by Gasteiger charge is 2.32. The highest BCUT2D eigenvalue weighted by molar-refractivity contribution is 5.92. The molecule has 2 amide bonds. The first-order chi connectivity index (χ1) is 7.55. The van der Waals surface area contributed by atoms with E-state index < -0.39 is 11.5 Å². The van der Waals surface area contributed by atoms with Crippen LogP contribution in [0.1, 0.15) is 48.5 Å². The zero-order valence-electron chi connectivity index (χ0n) is 12.0. The van der Waals surface area contributed by atoms with Gasteiger partial charge in [-0.15, -0.1) is 0 Å². The van der Waals surface area contributed by atoms with Crippen molar-refractivity contribution >= 4 is 11.8 Å².